The third kappa shape index (κ3) is 5.41. The fraction of sp³-hybridized carbons (Fsp3) is 0.333. The Kier molecular flexibility index (Phi) is 7.52. The molecule has 10 heteroatoms. The number of hydrogen-bond acceptors (Lipinski definition) is 7. The first-order valence-electron chi connectivity index (χ1n) is 10.7. The number of ether oxygens (including phenoxy) is 4. The van der Waals surface area contributed by atoms with Crippen molar-refractivity contribution in [3.05, 3.63) is 59.4 Å². The number of rotatable bonds is 11. The predicted molar refractivity (Wildman–Crippen MR) is 124 cm³/mol. The molecule has 1 N–H and O–H groups in total. The summed E-state index contributed by atoms with van der Waals surface area (Å²) in [6, 6.07) is 6.70. The summed E-state index contributed by atoms with van der Waals surface area (Å²) in [5, 5.41) is 3.05. The highest BCUT2D eigenvalue weighted by molar-refractivity contribution is 6.18. The highest BCUT2D eigenvalue weighted by atomic mass is 35.5. The molecule has 1 heterocycles. The monoisotopic (exact) mass is 491 g/mol. The second-order valence-electron chi connectivity index (χ2n) is 7.61. The van der Waals surface area contributed by atoms with Crippen LogP contribution in [-0.4, -0.2) is 36.7 Å². The Morgan fingerprint density at radius 2 is 1.71 bits per heavy atom. The standard InChI is InChI=1S/C24H24ClF2N3O4/c1-31-19-6-5-15(9-20(19)33-8-7-25)30-24-28-11-16(12-29-24)34-13-18-22(26)17(14-3-4-14)10-21(32-2)23(18)27/h5-6,9-12,14H,3-4,7-8,13H2,1-2H3,(H,28,29,30). The molecule has 0 aliphatic heterocycles. The third-order valence-corrected chi connectivity index (χ3v) is 5.44. The van der Waals surface area contributed by atoms with Gasteiger partial charge >= 0.3 is 0 Å². The van der Waals surface area contributed by atoms with Gasteiger partial charge < -0.3 is 24.3 Å². The lowest BCUT2D eigenvalue weighted by molar-refractivity contribution is 0.285. The molecular weight excluding hydrogens is 468 g/mol. The summed E-state index contributed by atoms with van der Waals surface area (Å²) in [5.41, 5.74) is 0.958. The highest BCUT2D eigenvalue weighted by Gasteiger charge is 2.30. The molecule has 1 saturated carbocycles. The Morgan fingerprint density at radius 3 is 2.35 bits per heavy atom. The second kappa shape index (κ2) is 10.7. The van der Waals surface area contributed by atoms with Crippen LogP contribution in [0.2, 0.25) is 0 Å². The Bertz CT molecular complexity index is 1140. The lowest BCUT2D eigenvalue weighted by Gasteiger charge is -2.14. The molecule has 0 bridgehead atoms. The fourth-order valence-electron chi connectivity index (χ4n) is 3.41. The van der Waals surface area contributed by atoms with Gasteiger partial charge in [0.05, 0.1) is 38.1 Å². The number of nitrogens with zero attached hydrogens (tertiary/aromatic N) is 2. The fourth-order valence-corrected chi connectivity index (χ4v) is 3.49. The van der Waals surface area contributed by atoms with Crippen LogP contribution in [0.25, 0.3) is 0 Å². The van der Waals surface area contributed by atoms with E-state index in [1.165, 1.54) is 25.6 Å². The zero-order chi connectivity index (χ0) is 24.1. The van der Waals surface area contributed by atoms with Gasteiger partial charge in [0.15, 0.2) is 28.8 Å². The molecule has 34 heavy (non-hydrogen) atoms. The molecule has 1 aliphatic rings. The Labute approximate surface area is 201 Å². The van der Waals surface area contributed by atoms with Gasteiger partial charge in [-0.15, -0.1) is 11.6 Å². The van der Waals surface area contributed by atoms with Crippen LogP contribution in [-0.2, 0) is 6.61 Å². The average molecular weight is 492 g/mol. The summed E-state index contributed by atoms with van der Waals surface area (Å²) < 4.78 is 51.0. The number of halogens is 3. The van der Waals surface area contributed by atoms with Crippen molar-refractivity contribution in [3.63, 3.8) is 0 Å². The lowest BCUT2D eigenvalue weighted by Crippen LogP contribution is -2.07. The van der Waals surface area contributed by atoms with Crippen LogP contribution < -0.4 is 24.3 Å². The maximum Gasteiger partial charge on any atom is 0.227 e. The van der Waals surface area contributed by atoms with E-state index in [1.54, 1.807) is 25.3 Å². The summed E-state index contributed by atoms with van der Waals surface area (Å²) in [6.07, 6.45) is 4.59. The van der Waals surface area contributed by atoms with Crippen molar-refractivity contribution in [2.45, 2.75) is 25.4 Å². The molecular formula is C24H24ClF2N3O4. The van der Waals surface area contributed by atoms with Gasteiger partial charge in [0.25, 0.3) is 0 Å². The number of nitrogens with one attached hydrogen (secondary N) is 1. The molecule has 0 atom stereocenters. The van der Waals surface area contributed by atoms with Crippen molar-refractivity contribution >= 4 is 23.2 Å². The number of anilines is 2. The molecule has 0 saturated heterocycles. The van der Waals surface area contributed by atoms with E-state index in [9.17, 15) is 8.78 Å². The van der Waals surface area contributed by atoms with Gasteiger partial charge in [-0.3, -0.25) is 0 Å². The lowest BCUT2D eigenvalue weighted by atomic mass is 10.0. The molecule has 0 radical (unpaired) electrons. The van der Waals surface area contributed by atoms with Crippen LogP contribution in [0.5, 0.6) is 23.0 Å². The van der Waals surface area contributed by atoms with Crippen LogP contribution in [0, 0.1) is 11.6 Å². The first-order valence-corrected chi connectivity index (χ1v) is 11.2. The maximum atomic E-state index is 14.9. The Hall–Kier alpha value is -3.33. The van der Waals surface area contributed by atoms with E-state index in [1.807, 2.05) is 0 Å². The van der Waals surface area contributed by atoms with Gasteiger partial charge in [0.2, 0.25) is 5.95 Å². The topological polar surface area (TPSA) is 74.7 Å². The van der Waals surface area contributed by atoms with Crippen molar-refractivity contribution < 1.29 is 27.7 Å². The summed E-state index contributed by atoms with van der Waals surface area (Å²) in [5.74, 6) is 0.755. The van der Waals surface area contributed by atoms with Gasteiger partial charge in [-0.1, -0.05) is 0 Å². The normalized spacial score (nSPS) is 12.9. The van der Waals surface area contributed by atoms with Crippen molar-refractivity contribution in [1.29, 1.82) is 0 Å². The van der Waals surface area contributed by atoms with Crippen LogP contribution in [0.3, 0.4) is 0 Å². The Balaban J connectivity index is 1.44. The average Bonchev–Trinajstić information content (AvgIpc) is 3.69. The number of benzene rings is 2. The molecule has 2 aromatic carbocycles. The second-order valence-corrected chi connectivity index (χ2v) is 7.99. The molecule has 3 aromatic rings. The van der Waals surface area contributed by atoms with Gasteiger partial charge in [-0.25, -0.2) is 18.7 Å². The van der Waals surface area contributed by atoms with Gasteiger partial charge in [0, 0.05) is 11.8 Å². The summed E-state index contributed by atoms with van der Waals surface area (Å²) in [7, 11) is 2.90. The third-order valence-electron chi connectivity index (χ3n) is 5.29. The van der Waals surface area contributed by atoms with Gasteiger partial charge in [0.1, 0.15) is 19.0 Å². The van der Waals surface area contributed by atoms with E-state index < -0.39 is 11.6 Å². The first kappa shape index (κ1) is 23.8. The summed E-state index contributed by atoms with van der Waals surface area (Å²) >= 11 is 5.69. The van der Waals surface area contributed by atoms with E-state index in [2.05, 4.69) is 15.3 Å². The molecule has 0 unspecified atom stereocenters. The highest BCUT2D eigenvalue weighted by Crippen LogP contribution is 2.44. The van der Waals surface area contributed by atoms with Gasteiger partial charge in [-0.05, 0) is 42.5 Å². The van der Waals surface area contributed by atoms with Crippen molar-refractivity contribution in [2.24, 2.45) is 0 Å². The van der Waals surface area contributed by atoms with E-state index in [-0.39, 0.29) is 29.6 Å². The zero-order valence-electron chi connectivity index (χ0n) is 18.7. The molecule has 4 rings (SSSR count). The number of methoxy groups -OCH3 is 2. The molecule has 7 nitrogen and oxygen atoms in total. The quantitative estimate of drug-likeness (QED) is 0.350. The minimum absolute atomic E-state index is 0.00610. The van der Waals surface area contributed by atoms with E-state index in [0.29, 0.717) is 41.2 Å². The van der Waals surface area contributed by atoms with Crippen molar-refractivity contribution in [2.75, 3.05) is 32.0 Å². The van der Waals surface area contributed by atoms with Crippen molar-refractivity contribution in [1.82, 2.24) is 9.97 Å². The van der Waals surface area contributed by atoms with Crippen LogP contribution >= 0.6 is 11.6 Å². The van der Waals surface area contributed by atoms with Crippen LogP contribution in [0.15, 0.2) is 36.7 Å². The SMILES string of the molecule is COc1ccc(Nc2ncc(OCc3c(F)c(OC)cc(C4CC4)c3F)cn2)cc1OCCCl. The molecule has 1 fully saturated rings. The summed E-state index contributed by atoms with van der Waals surface area (Å²) in [4.78, 5) is 8.40. The number of hydrogen-bond donors (Lipinski definition) is 1. The number of aromatic nitrogens is 2. The number of alkyl halides is 1. The molecule has 0 amide bonds. The zero-order valence-corrected chi connectivity index (χ0v) is 19.5. The Morgan fingerprint density at radius 1 is 0.971 bits per heavy atom. The van der Waals surface area contributed by atoms with Gasteiger partial charge in [-0.2, -0.15) is 0 Å². The largest absolute Gasteiger partial charge is 0.494 e. The molecule has 0 spiro atoms. The van der Waals surface area contributed by atoms with E-state index in [0.717, 1.165) is 12.8 Å². The summed E-state index contributed by atoms with van der Waals surface area (Å²) in [6.45, 7) is 0.0189. The molecule has 1 aliphatic carbocycles. The predicted octanol–water partition coefficient (Wildman–Crippen LogP) is 5.59. The minimum Gasteiger partial charge on any atom is -0.494 e. The first-order chi connectivity index (χ1) is 16.5. The van der Waals surface area contributed by atoms with Crippen LogP contribution in [0.1, 0.15) is 29.9 Å². The van der Waals surface area contributed by atoms with Crippen LogP contribution in [0.4, 0.5) is 20.4 Å². The smallest absolute Gasteiger partial charge is 0.227 e. The van der Waals surface area contributed by atoms with E-state index in [4.69, 9.17) is 30.5 Å². The van der Waals surface area contributed by atoms with Crippen molar-refractivity contribution in [3.8, 4) is 23.0 Å². The molecule has 180 valence electrons. The maximum absolute atomic E-state index is 14.9. The van der Waals surface area contributed by atoms with E-state index >= 15 is 0 Å². The molecule has 1 aromatic heterocycles. The minimum atomic E-state index is -0.768.